The molecule has 66 valence electrons. The predicted molar refractivity (Wildman–Crippen MR) is 52.6 cm³/mol. The number of amides is 1. The van der Waals surface area contributed by atoms with Crippen molar-refractivity contribution in [3.05, 3.63) is 23.8 Å². The van der Waals surface area contributed by atoms with Crippen molar-refractivity contribution >= 4 is 32.6 Å². The SMILES string of the molecule is NC(=O)c1ccc2nc(N)sc2c1. The van der Waals surface area contributed by atoms with Gasteiger partial charge in [0.05, 0.1) is 10.2 Å². The number of aromatic nitrogens is 1. The van der Waals surface area contributed by atoms with Gasteiger partial charge >= 0.3 is 0 Å². The standard InChI is InChI=1S/C8H7N3OS/c9-7(12)4-1-2-5-6(3-4)13-8(10)11-5/h1-3H,(H2,9,12)(H2,10,11). The van der Waals surface area contributed by atoms with Gasteiger partial charge in [-0.2, -0.15) is 0 Å². The highest BCUT2D eigenvalue weighted by Crippen LogP contribution is 2.24. The van der Waals surface area contributed by atoms with Gasteiger partial charge < -0.3 is 11.5 Å². The van der Waals surface area contributed by atoms with Crippen LogP contribution in [0.15, 0.2) is 18.2 Å². The highest BCUT2D eigenvalue weighted by atomic mass is 32.1. The number of hydrogen-bond donors (Lipinski definition) is 2. The first-order valence-corrected chi connectivity index (χ1v) is 4.44. The second kappa shape index (κ2) is 2.70. The molecule has 2 rings (SSSR count). The number of rotatable bonds is 1. The summed E-state index contributed by atoms with van der Waals surface area (Å²) in [5.41, 5.74) is 11.9. The highest BCUT2D eigenvalue weighted by Gasteiger charge is 2.04. The van der Waals surface area contributed by atoms with Crippen LogP contribution in [0, 0.1) is 0 Å². The Labute approximate surface area is 78.2 Å². The molecular formula is C8H7N3OS. The summed E-state index contributed by atoms with van der Waals surface area (Å²) in [4.78, 5) is 14.9. The molecule has 0 bridgehead atoms. The van der Waals surface area contributed by atoms with Gasteiger partial charge in [0, 0.05) is 5.56 Å². The molecule has 1 aromatic heterocycles. The molecular weight excluding hydrogens is 186 g/mol. The Bertz CT molecular complexity index is 477. The van der Waals surface area contributed by atoms with Crippen LogP contribution in [-0.4, -0.2) is 10.9 Å². The Morgan fingerprint density at radius 3 is 2.92 bits per heavy atom. The van der Waals surface area contributed by atoms with Crippen LogP contribution in [0.25, 0.3) is 10.2 Å². The zero-order valence-corrected chi connectivity index (χ0v) is 7.47. The molecule has 0 radical (unpaired) electrons. The third-order valence-corrected chi connectivity index (χ3v) is 2.54. The van der Waals surface area contributed by atoms with Crippen LogP contribution >= 0.6 is 11.3 Å². The summed E-state index contributed by atoms with van der Waals surface area (Å²) in [6.45, 7) is 0. The Balaban J connectivity index is 2.67. The monoisotopic (exact) mass is 193 g/mol. The number of nitrogen functional groups attached to an aromatic ring is 1. The summed E-state index contributed by atoms with van der Waals surface area (Å²) >= 11 is 1.34. The Morgan fingerprint density at radius 2 is 2.23 bits per heavy atom. The lowest BCUT2D eigenvalue weighted by Gasteiger charge is -1.92. The summed E-state index contributed by atoms with van der Waals surface area (Å²) in [5, 5.41) is 0.497. The van der Waals surface area contributed by atoms with Crippen LogP contribution in [0.2, 0.25) is 0 Å². The molecule has 0 aliphatic carbocycles. The number of nitrogens with zero attached hydrogens (tertiary/aromatic N) is 1. The Kier molecular flexibility index (Phi) is 1.66. The summed E-state index contributed by atoms with van der Waals surface area (Å²) in [6.07, 6.45) is 0. The molecule has 0 unspecified atom stereocenters. The first kappa shape index (κ1) is 8.00. The molecule has 0 saturated carbocycles. The van der Waals surface area contributed by atoms with Gasteiger partial charge in [-0.1, -0.05) is 11.3 Å². The van der Waals surface area contributed by atoms with Crippen molar-refractivity contribution in [1.29, 1.82) is 0 Å². The molecule has 1 amide bonds. The molecule has 2 aromatic rings. The highest BCUT2D eigenvalue weighted by molar-refractivity contribution is 7.22. The molecule has 5 heteroatoms. The van der Waals surface area contributed by atoms with Crippen molar-refractivity contribution in [2.75, 3.05) is 5.73 Å². The van der Waals surface area contributed by atoms with Crippen molar-refractivity contribution < 1.29 is 4.79 Å². The molecule has 0 aliphatic rings. The Hall–Kier alpha value is -1.62. The largest absolute Gasteiger partial charge is 0.375 e. The fourth-order valence-electron chi connectivity index (χ4n) is 1.10. The number of primary amides is 1. The molecule has 4 N–H and O–H groups in total. The number of benzene rings is 1. The maximum absolute atomic E-state index is 10.8. The van der Waals surface area contributed by atoms with E-state index in [1.54, 1.807) is 18.2 Å². The van der Waals surface area contributed by atoms with E-state index in [1.807, 2.05) is 0 Å². The van der Waals surface area contributed by atoms with E-state index in [2.05, 4.69) is 4.98 Å². The predicted octanol–water partition coefficient (Wildman–Crippen LogP) is 0.977. The summed E-state index contributed by atoms with van der Waals surface area (Å²) in [5.74, 6) is -0.436. The van der Waals surface area contributed by atoms with Crippen LogP contribution in [0.4, 0.5) is 5.13 Å². The van der Waals surface area contributed by atoms with Crippen LogP contribution in [0.5, 0.6) is 0 Å². The van der Waals surface area contributed by atoms with Gasteiger partial charge in [0.2, 0.25) is 5.91 Å². The van der Waals surface area contributed by atoms with Crippen LogP contribution < -0.4 is 11.5 Å². The second-order valence-corrected chi connectivity index (χ2v) is 3.66. The normalized spacial score (nSPS) is 10.5. The second-order valence-electron chi connectivity index (χ2n) is 2.60. The maximum atomic E-state index is 10.8. The average Bonchev–Trinajstić information content (AvgIpc) is 2.42. The van der Waals surface area contributed by atoms with Crippen LogP contribution in [-0.2, 0) is 0 Å². The lowest BCUT2D eigenvalue weighted by molar-refractivity contribution is 0.100. The zero-order valence-electron chi connectivity index (χ0n) is 6.65. The smallest absolute Gasteiger partial charge is 0.248 e. The minimum Gasteiger partial charge on any atom is -0.375 e. The fraction of sp³-hybridized carbons (Fsp3) is 0. The number of hydrogen-bond acceptors (Lipinski definition) is 4. The minimum absolute atomic E-state index is 0.436. The maximum Gasteiger partial charge on any atom is 0.248 e. The fourth-order valence-corrected chi connectivity index (χ4v) is 1.87. The molecule has 1 heterocycles. The van der Waals surface area contributed by atoms with Gasteiger partial charge in [-0.15, -0.1) is 0 Å². The van der Waals surface area contributed by atoms with Gasteiger partial charge in [0.1, 0.15) is 0 Å². The van der Waals surface area contributed by atoms with Gasteiger partial charge in [0.15, 0.2) is 5.13 Å². The van der Waals surface area contributed by atoms with E-state index >= 15 is 0 Å². The molecule has 1 aromatic carbocycles. The molecule has 0 spiro atoms. The average molecular weight is 193 g/mol. The number of thiazole rings is 1. The van der Waals surface area contributed by atoms with E-state index in [1.165, 1.54) is 11.3 Å². The Morgan fingerprint density at radius 1 is 1.46 bits per heavy atom. The van der Waals surface area contributed by atoms with Gasteiger partial charge in [-0.3, -0.25) is 4.79 Å². The van der Waals surface area contributed by atoms with Crippen LogP contribution in [0.1, 0.15) is 10.4 Å². The van der Waals surface area contributed by atoms with E-state index in [9.17, 15) is 4.79 Å². The molecule has 4 nitrogen and oxygen atoms in total. The quantitative estimate of drug-likeness (QED) is 0.708. The summed E-state index contributed by atoms with van der Waals surface area (Å²) < 4.78 is 0.883. The molecule has 0 aliphatic heterocycles. The summed E-state index contributed by atoms with van der Waals surface area (Å²) in [7, 11) is 0. The van der Waals surface area contributed by atoms with Gasteiger partial charge in [0.25, 0.3) is 0 Å². The van der Waals surface area contributed by atoms with Crippen molar-refractivity contribution in [3.63, 3.8) is 0 Å². The molecule has 0 atom stereocenters. The van der Waals surface area contributed by atoms with Gasteiger partial charge in [-0.25, -0.2) is 4.98 Å². The zero-order chi connectivity index (χ0) is 9.42. The van der Waals surface area contributed by atoms with E-state index in [-0.39, 0.29) is 0 Å². The number of nitrogens with two attached hydrogens (primary N) is 2. The van der Waals surface area contributed by atoms with Gasteiger partial charge in [-0.05, 0) is 18.2 Å². The molecule has 13 heavy (non-hydrogen) atoms. The van der Waals surface area contributed by atoms with E-state index in [0.717, 1.165) is 10.2 Å². The third-order valence-electron chi connectivity index (χ3n) is 1.69. The lowest BCUT2D eigenvalue weighted by Crippen LogP contribution is -2.10. The number of anilines is 1. The first-order chi connectivity index (χ1) is 6.16. The summed E-state index contributed by atoms with van der Waals surface area (Å²) in [6, 6.07) is 5.08. The van der Waals surface area contributed by atoms with Crippen LogP contribution in [0.3, 0.4) is 0 Å². The third kappa shape index (κ3) is 1.33. The van der Waals surface area contributed by atoms with E-state index in [0.29, 0.717) is 10.7 Å². The topological polar surface area (TPSA) is 82.0 Å². The minimum atomic E-state index is -0.436. The van der Waals surface area contributed by atoms with Crippen molar-refractivity contribution in [2.24, 2.45) is 5.73 Å². The van der Waals surface area contributed by atoms with Crippen molar-refractivity contribution in [2.45, 2.75) is 0 Å². The molecule has 0 fully saturated rings. The number of carbonyl (C=O) groups excluding carboxylic acids is 1. The molecule has 0 saturated heterocycles. The van der Waals surface area contributed by atoms with E-state index < -0.39 is 5.91 Å². The van der Waals surface area contributed by atoms with E-state index in [4.69, 9.17) is 11.5 Å². The first-order valence-electron chi connectivity index (χ1n) is 3.62. The lowest BCUT2D eigenvalue weighted by atomic mass is 10.2. The number of carbonyl (C=O) groups is 1. The number of fused-ring (bicyclic) bond motifs is 1. The van der Waals surface area contributed by atoms with Crippen molar-refractivity contribution in [1.82, 2.24) is 4.98 Å². The van der Waals surface area contributed by atoms with Crippen molar-refractivity contribution in [3.8, 4) is 0 Å².